The minimum Gasteiger partial charge on any atom is -0.459 e. The molecule has 1 saturated heterocycles. The van der Waals surface area contributed by atoms with Gasteiger partial charge in [0.25, 0.3) is 17.4 Å². The molecule has 152 valence electrons. The Bertz CT molecular complexity index is 1030. The Morgan fingerprint density at radius 2 is 1.90 bits per heavy atom. The van der Waals surface area contributed by atoms with Crippen molar-refractivity contribution in [2.45, 2.75) is 6.54 Å². The van der Waals surface area contributed by atoms with Gasteiger partial charge in [0.2, 0.25) is 0 Å². The van der Waals surface area contributed by atoms with Crippen molar-refractivity contribution in [2.75, 3.05) is 39.9 Å². The molecule has 1 aromatic heterocycles. The number of hydrogen-bond acceptors (Lipinski definition) is 6. The van der Waals surface area contributed by atoms with Crippen molar-refractivity contribution in [3.05, 3.63) is 52.5 Å². The van der Waals surface area contributed by atoms with Crippen LogP contribution in [0.5, 0.6) is 0 Å². The molecule has 1 N–H and O–H groups in total. The number of ether oxygens (including phenoxy) is 1. The predicted octanol–water partition coefficient (Wildman–Crippen LogP) is 0.514. The van der Waals surface area contributed by atoms with Crippen LogP contribution in [0.3, 0.4) is 0 Å². The van der Waals surface area contributed by atoms with E-state index in [9.17, 15) is 14.4 Å². The number of carbonyl (C=O) groups excluding carboxylic acids is 2. The van der Waals surface area contributed by atoms with E-state index >= 15 is 0 Å². The summed E-state index contributed by atoms with van der Waals surface area (Å²) in [5, 5.41) is 6.44. The zero-order valence-electron chi connectivity index (χ0n) is 16.0. The topological polar surface area (TPSA) is 114 Å². The number of H-pyrrole nitrogens is 1. The fourth-order valence-corrected chi connectivity index (χ4v) is 3.41. The van der Waals surface area contributed by atoms with E-state index in [1.807, 2.05) is 0 Å². The van der Waals surface area contributed by atoms with Gasteiger partial charge in [-0.05, 0) is 12.1 Å². The van der Waals surface area contributed by atoms with Gasteiger partial charge in [-0.15, -0.1) is 0 Å². The third-order valence-electron chi connectivity index (χ3n) is 4.98. The molecule has 10 nitrogen and oxygen atoms in total. The first-order valence-corrected chi connectivity index (χ1v) is 9.27. The molecule has 1 aromatic rings. The van der Waals surface area contributed by atoms with Crippen LogP contribution in [-0.4, -0.2) is 76.3 Å². The van der Waals surface area contributed by atoms with E-state index in [-0.39, 0.29) is 23.1 Å². The van der Waals surface area contributed by atoms with E-state index in [2.05, 4.69) is 10.2 Å². The summed E-state index contributed by atoms with van der Waals surface area (Å²) in [4.78, 5) is 40.9. The lowest BCUT2D eigenvalue weighted by molar-refractivity contribution is 0.0518. The van der Waals surface area contributed by atoms with Crippen LogP contribution in [0.25, 0.3) is 11.3 Å². The highest BCUT2D eigenvalue weighted by molar-refractivity contribution is 6.00. The number of furan rings is 1. The molecule has 2 amide bonds. The average molecular weight is 399 g/mol. The Morgan fingerprint density at radius 3 is 2.55 bits per heavy atom. The number of aromatic nitrogens is 3. The summed E-state index contributed by atoms with van der Waals surface area (Å²) in [6, 6.07) is 3.29. The molecule has 0 radical (unpaired) electrons. The number of amides is 2. The second-order valence-electron chi connectivity index (χ2n) is 6.78. The normalized spacial score (nSPS) is 14.5. The number of nitrogens with one attached hydrogen (secondary N) is 1. The number of piperazine rings is 1. The van der Waals surface area contributed by atoms with E-state index in [1.54, 1.807) is 46.0 Å². The molecule has 0 saturated carbocycles. The Labute approximate surface area is 166 Å². The number of fused-ring (bicyclic) bond motifs is 1. The summed E-state index contributed by atoms with van der Waals surface area (Å²) in [5.41, 5.74) is 0.721. The van der Waals surface area contributed by atoms with Crippen LogP contribution in [0, 0.1) is 0 Å². The second-order valence-corrected chi connectivity index (χ2v) is 6.78. The van der Waals surface area contributed by atoms with Gasteiger partial charge < -0.3 is 23.5 Å². The number of carbonyl (C=O) groups is 2. The lowest BCUT2D eigenvalue weighted by Crippen LogP contribution is -2.50. The Hall–Kier alpha value is -3.40. The number of methoxy groups -OCH3 is 1. The van der Waals surface area contributed by atoms with Crippen molar-refractivity contribution < 1.29 is 18.7 Å². The molecular weight excluding hydrogens is 378 g/mol. The SMILES string of the molecule is COCCn1cc(C(=O)N2CCN(C(=O)c3ccco3)CC2)c2n[nH]c(=O)c-2c1. The van der Waals surface area contributed by atoms with Gasteiger partial charge in [0.1, 0.15) is 5.69 Å². The molecule has 29 heavy (non-hydrogen) atoms. The standard InChI is InChI=1S/C19H21N5O5/c1-28-10-8-22-11-13-16(20-21-17(13)25)14(12-22)18(26)23-4-6-24(7-5-23)19(27)15-3-2-9-29-15/h2-3,9,11-12H,4-8,10H2,1H3,(H,21,25). The second kappa shape index (κ2) is 7.92. The van der Waals surface area contributed by atoms with Crippen molar-refractivity contribution >= 4 is 11.8 Å². The average Bonchev–Trinajstić information content (AvgIpc) is 3.41. The number of hydrogen-bond donors (Lipinski definition) is 1. The van der Waals surface area contributed by atoms with Crippen LogP contribution in [-0.2, 0) is 11.3 Å². The van der Waals surface area contributed by atoms with E-state index in [0.717, 1.165) is 0 Å². The maximum atomic E-state index is 13.2. The molecule has 4 rings (SSSR count). The van der Waals surface area contributed by atoms with Crippen LogP contribution in [0.1, 0.15) is 20.9 Å². The molecule has 4 heterocycles. The van der Waals surface area contributed by atoms with E-state index in [1.165, 1.54) is 6.26 Å². The molecular formula is C19H21N5O5. The first kappa shape index (κ1) is 18.9. The van der Waals surface area contributed by atoms with Crippen LogP contribution in [0.4, 0.5) is 0 Å². The highest BCUT2D eigenvalue weighted by Crippen LogP contribution is 2.22. The van der Waals surface area contributed by atoms with Crippen LogP contribution in [0.2, 0.25) is 0 Å². The van der Waals surface area contributed by atoms with Gasteiger partial charge in [0.05, 0.1) is 24.0 Å². The monoisotopic (exact) mass is 399 g/mol. The van der Waals surface area contributed by atoms with E-state index < -0.39 is 0 Å². The lowest BCUT2D eigenvalue weighted by Gasteiger charge is -2.34. The van der Waals surface area contributed by atoms with Crippen molar-refractivity contribution in [2.24, 2.45) is 0 Å². The van der Waals surface area contributed by atoms with Crippen LogP contribution < -0.4 is 5.56 Å². The van der Waals surface area contributed by atoms with E-state index in [0.29, 0.717) is 56.2 Å². The first-order chi connectivity index (χ1) is 14.1. The molecule has 10 heteroatoms. The minimum absolute atomic E-state index is 0.190. The summed E-state index contributed by atoms with van der Waals surface area (Å²) >= 11 is 0. The Kier molecular flexibility index (Phi) is 5.17. The summed E-state index contributed by atoms with van der Waals surface area (Å²) in [6.07, 6.45) is 4.81. The van der Waals surface area contributed by atoms with Gasteiger partial charge in [-0.25, -0.2) is 5.10 Å². The van der Waals surface area contributed by atoms with Crippen LogP contribution in [0.15, 0.2) is 40.0 Å². The van der Waals surface area contributed by atoms with Gasteiger partial charge in [-0.1, -0.05) is 0 Å². The van der Waals surface area contributed by atoms with Crippen molar-refractivity contribution in [1.82, 2.24) is 24.6 Å². The lowest BCUT2D eigenvalue weighted by atomic mass is 10.1. The predicted molar refractivity (Wildman–Crippen MR) is 102 cm³/mol. The van der Waals surface area contributed by atoms with Crippen molar-refractivity contribution in [3.8, 4) is 11.3 Å². The van der Waals surface area contributed by atoms with Gasteiger partial charge in [-0.3, -0.25) is 14.4 Å². The quantitative estimate of drug-likeness (QED) is 0.669. The fourth-order valence-electron chi connectivity index (χ4n) is 3.41. The third-order valence-corrected chi connectivity index (χ3v) is 4.98. The molecule has 0 aliphatic carbocycles. The summed E-state index contributed by atoms with van der Waals surface area (Å²) < 4.78 is 12.0. The fraction of sp³-hybridized carbons (Fsp3) is 0.368. The zero-order valence-corrected chi connectivity index (χ0v) is 16.0. The molecule has 3 aliphatic rings. The number of aromatic amines is 1. The van der Waals surface area contributed by atoms with Gasteiger partial charge in [0, 0.05) is 52.2 Å². The largest absolute Gasteiger partial charge is 0.459 e. The first-order valence-electron chi connectivity index (χ1n) is 9.27. The molecule has 0 unspecified atom stereocenters. The molecule has 0 atom stereocenters. The van der Waals surface area contributed by atoms with Gasteiger partial charge in [0.15, 0.2) is 5.76 Å². The van der Waals surface area contributed by atoms with E-state index in [4.69, 9.17) is 9.15 Å². The smallest absolute Gasteiger partial charge is 0.289 e. The number of rotatable bonds is 5. The molecule has 0 bridgehead atoms. The number of nitrogens with zero attached hydrogens (tertiary/aromatic N) is 4. The highest BCUT2D eigenvalue weighted by atomic mass is 16.5. The number of pyridine rings is 1. The molecule has 3 aliphatic heterocycles. The van der Waals surface area contributed by atoms with Crippen molar-refractivity contribution in [1.29, 1.82) is 0 Å². The maximum absolute atomic E-state index is 13.2. The Balaban J connectivity index is 1.52. The maximum Gasteiger partial charge on any atom is 0.289 e. The summed E-state index contributed by atoms with van der Waals surface area (Å²) in [6.45, 7) is 2.52. The van der Waals surface area contributed by atoms with Crippen molar-refractivity contribution in [3.63, 3.8) is 0 Å². The van der Waals surface area contributed by atoms with Gasteiger partial charge >= 0.3 is 0 Å². The molecule has 1 fully saturated rings. The molecule has 0 aromatic carbocycles. The van der Waals surface area contributed by atoms with Gasteiger partial charge in [-0.2, -0.15) is 5.10 Å². The zero-order chi connectivity index (χ0) is 20.4. The molecule has 0 spiro atoms. The highest BCUT2D eigenvalue weighted by Gasteiger charge is 2.29. The third kappa shape index (κ3) is 3.66. The van der Waals surface area contributed by atoms with Crippen LogP contribution >= 0.6 is 0 Å². The summed E-state index contributed by atoms with van der Waals surface area (Å²) in [5.74, 6) is -0.128. The minimum atomic E-state index is -0.338. The Morgan fingerprint density at radius 1 is 1.17 bits per heavy atom. The summed E-state index contributed by atoms with van der Waals surface area (Å²) in [7, 11) is 1.59.